The Kier molecular flexibility index (Phi) is 6.67. The second kappa shape index (κ2) is 8.58. The maximum Gasteiger partial charge on any atom is 0.405 e. The molecule has 0 radical (unpaired) electrons. The summed E-state index contributed by atoms with van der Waals surface area (Å²) in [5.41, 5.74) is -0.417. The molecule has 0 saturated carbocycles. The lowest BCUT2D eigenvalue weighted by molar-refractivity contribution is -0.387. The summed E-state index contributed by atoms with van der Waals surface area (Å²) in [4.78, 5) is 20.7. The fraction of sp³-hybridized carbons (Fsp3) is 0.133. The molecule has 1 atom stereocenters. The van der Waals surface area contributed by atoms with E-state index in [1.165, 1.54) is 24.3 Å². The molecular formula is C15H13FIN3O6S. The van der Waals surface area contributed by atoms with Crippen LogP contribution in [0.25, 0.3) is 0 Å². The lowest BCUT2D eigenvalue weighted by Crippen LogP contribution is -2.37. The standard InChI is InChI=1S/C15H13FIN3O6S/c16-10-5-9(6-11(17)7-10)12(19-15(21)22)8-18-27(25,26)14-4-2-1-3-13(14)20(23)24/h1-7,12,18-19H,8H2,(H,21,22)/t12-/m1/s1. The Hall–Kier alpha value is -2.32. The third kappa shape index (κ3) is 5.58. The van der Waals surface area contributed by atoms with Crippen LogP contribution in [0.5, 0.6) is 0 Å². The first-order valence-electron chi connectivity index (χ1n) is 7.28. The molecule has 0 aliphatic heterocycles. The quantitative estimate of drug-likeness (QED) is 0.298. The molecule has 0 unspecified atom stereocenters. The SMILES string of the molecule is O=C(O)N[C@H](CNS(=O)(=O)c1ccccc1[N+](=O)[O-])c1cc(F)cc(I)c1. The smallest absolute Gasteiger partial charge is 0.405 e. The molecular weight excluding hydrogens is 496 g/mol. The Morgan fingerprint density at radius 1 is 1.30 bits per heavy atom. The van der Waals surface area contributed by atoms with Gasteiger partial charge in [-0.2, -0.15) is 0 Å². The zero-order chi connectivity index (χ0) is 20.2. The molecule has 27 heavy (non-hydrogen) atoms. The number of sulfonamides is 1. The number of nitro groups is 1. The molecule has 0 aliphatic rings. The van der Waals surface area contributed by atoms with E-state index in [0.29, 0.717) is 3.57 Å². The number of carboxylic acid groups (broad SMARTS) is 1. The monoisotopic (exact) mass is 509 g/mol. The Labute approximate surface area is 166 Å². The van der Waals surface area contributed by atoms with Crippen molar-refractivity contribution < 1.29 is 27.6 Å². The van der Waals surface area contributed by atoms with Crippen LogP contribution in [0.15, 0.2) is 47.4 Å². The maximum atomic E-state index is 13.6. The highest BCUT2D eigenvalue weighted by Gasteiger charge is 2.26. The number of amides is 1. The molecule has 0 spiro atoms. The van der Waals surface area contributed by atoms with Crippen molar-refractivity contribution in [1.82, 2.24) is 10.0 Å². The van der Waals surface area contributed by atoms with Crippen molar-refractivity contribution in [2.75, 3.05) is 6.54 Å². The van der Waals surface area contributed by atoms with Gasteiger partial charge >= 0.3 is 6.09 Å². The first-order chi connectivity index (χ1) is 12.6. The number of halogens is 2. The summed E-state index contributed by atoms with van der Waals surface area (Å²) in [6.07, 6.45) is -1.44. The van der Waals surface area contributed by atoms with Crippen LogP contribution in [-0.4, -0.2) is 31.1 Å². The van der Waals surface area contributed by atoms with Crippen LogP contribution in [0.2, 0.25) is 0 Å². The highest BCUT2D eigenvalue weighted by atomic mass is 127. The molecule has 0 bridgehead atoms. The van der Waals surface area contributed by atoms with E-state index in [1.807, 2.05) is 22.6 Å². The van der Waals surface area contributed by atoms with Gasteiger partial charge in [0, 0.05) is 16.2 Å². The predicted octanol–water partition coefficient (Wildman–Crippen LogP) is 2.63. The van der Waals surface area contributed by atoms with E-state index in [4.69, 9.17) is 5.11 Å². The zero-order valence-electron chi connectivity index (χ0n) is 13.4. The van der Waals surface area contributed by atoms with Gasteiger partial charge in [0.05, 0.1) is 11.0 Å². The molecule has 12 heteroatoms. The minimum absolute atomic E-state index is 0.201. The molecule has 0 aliphatic carbocycles. The van der Waals surface area contributed by atoms with Gasteiger partial charge in [-0.1, -0.05) is 12.1 Å². The lowest BCUT2D eigenvalue weighted by atomic mass is 10.1. The van der Waals surface area contributed by atoms with Crippen molar-refractivity contribution in [3.8, 4) is 0 Å². The van der Waals surface area contributed by atoms with Crippen LogP contribution in [0, 0.1) is 19.5 Å². The molecule has 2 rings (SSSR count). The summed E-state index contributed by atoms with van der Waals surface area (Å²) in [5.74, 6) is -0.615. The molecule has 2 aromatic carbocycles. The molecule has 0 saturated heterocycles. The van der Waals surface area contributed by atoms with Crippen LogP contribution >= 0.6 is 22.6 Å². The summed E-state index contributed by atoms with van der Waals surface area (Å²) in [6, 6.07) is 7.42. The third-order valence-corrected chi connectivity index (χ3v) is 5.51. The van der Waals surface area contributed by atoms with Gasteiger partial charge in [-0.25, -0.2) is 22.3 Å². The van der Waals surface area contributed by atoms with E-state index in [-0.39, 0.29) is 5.56 Å². The minimum atomic E-state index is -4.32. The number of nitrogens with one attached hydrogen (secondary N) is 2. The van der Waals surface area contributed by atoms with E-state index in [1.54, 1.807) is 0 Å². The number of hydrogen-bond acceptors (Lipinski definition) is 5. The van der Waals surface area contributed by atoms with Gasteiger partial charge in [0.15, 0.2) is 4.90 Å². The number of nitro benzene ring substituents is 1. The Morgan fingerprint density at radius 3 is 2.56 bits per heavy atom. The summed E-state index contributed by atoms with van der Waals surface area (Å²) >= 11 is 1.83. The Balaban J connectivity index is 2.31. The zero-order valence-corrected chi connectivity index (χ0v) is 16.4. The predicted molar refractivity (Wildman–Crippen MR) is 101 cm³/mol. The Morgan fingerprint density at radius 2 is 1.96 bits per heavy atom. The molecule has 9 nitrogen and oxygen atoms in total. The summed E-state index contributed by atoms with van der Waals surface area (Å²) in [7, 11) is -4.32. The number of hydrogen-bond donors (Lipinski definition) is 3. The highest BCUT2D eigenvalue weighted by Crippen LogP contribution is 2.24. The van der Waals surface area contributed by atoms with Gasteiger partial charge in [-0.05, 0) is 52.4 Å². The molecule has 1 amide bonds. The van der Waals surface area contributed by atoms with Crippen molar-refractivity contribution in [3.63, 3.8) is 0 Å². The first-order valence-corrected chi connectivity index (χ1v) is 9.85. The van der Waals surface area contributed by atoms with Gasteiger partial charge in [0.25, 0.3) is 5.69 Å². The average molecular weight is 509 g/mol. The normalized spacial score (nSPS) is 12.4. The molecule has 144 valence electrons. The molecule has 3 N–H and O–H groups in total. The van der Waals surface area contributed by atoms with Crippen molar-refractivity contribution in [1.29, 1.82) is 0 Å². The van der Waals surface area contributed by atoms with E-state index < -0.39 is 50.0 Å². The van der Waals surface area contributed by atoms with Crippen LogP contribution in [0.3, 0.4) is 0 Å². The van der Waals surface area contributed by atoms with Crippen molar-refractivity contribution in [2.45, 2.75) is 10.9 Å². The fourth-order valence-corrected chi connectivity index (χ4v) is 4.16. The molecule has 0 aromatic heterocycles. The minimum Gasteiger partial charge on any atom is -0.465 e. The topological polar surface area (TPSA) is 139 Å². The molecule has 0 heterocycles. The van der Waals surface area contributed by atoms with Crippen LogP contribution < -0.4 is 10.0 Å². The second-order valence-corrected chi connectivity index (χ2v) is 8.26. The van der Waals surface area contributed by atoms with E-state index in [9.17, 15) is 27.7 Å². The van der Waals surface area contributed by atoms with Crippen molar-refractivity contribution >= 4 is 44.4 Å². The van der Waals surface area contributed by atoms with Crippen molar-refractivity contribution in [2.24, 2.45) is 0 Å². The number of para-hydroxylation sites is 1. The number of benzene rings is 2. The summed E-state index contributed by atoms with van der Waals surface area (Å²) in [5, 5.41) is 22.1. The molecule has 2 aromatic rings. The lowest BCUT2D eigenvalue weighted by Gasteiger charge is -2.18. The maximum absolute atomic E-state index is 13.6. The number of nitrogens with zero attached hydrogens (tertiary/aromatic N) is 1. The first kappa shape index (κ1) is 21.0. The summed E-state index contributed by atoms with van der Waals surface area (Å²) in [6.45, 7) is -0.472. The molecule has 0 fully saturated rings. The van der Waals surface area contributed by atoms with E-state index in [2.05, 4.69) is 10.0 Å². The van der Waals surface area contributed by atoms with Gasteiger partial charge in [0.1, 0.15) is 5.82 Å². The Bertz CT molecular complexity index is 965. The number of rotatable bonds is 7. The fourth-order valence-electron chi connectivity index (χ4n) is 2.28. The van der Waals surface area contributed by atoms with Gasteiger partial charge < -0.3 is 10.4 Å². The van der Waals surface area contributed by atoms with E-state index in [0.717, 1.165) is 18.2 Å². The second-order valence-electron chi connectivity index (χ2n) is 5.28. The largest absolute Gasteiger partial charge is 0.465 e. The van der Waals surface area contributed by atoms with Gasteiger partial charge in [-0.15, -0.1) is 0 Å². The van der Waals surface area contributed by atoms with Gasteiger partial charge in [-0.3, -0.25) is 10.1 Å². The van der Waals surface area contributed by atoms with Crippen LogP contribution in [-0.2, 0) is 10.0 Å². The van der Waals surface area contributed by atoms with E-state index >= 15 is 0 Å². The average Bonchev–Trinajstić information content (AvgIpc) is 2.57. The third-order valence-electron chi connectivity index (χ3n) is 3.41. The van der Waals surface area contributed by atoms with Crippen molar-refractivity contribution in [3.05, 3.63) is 67.5 Å². The van der Waals surface area contributed by atoms with Crippen LogP contribution in [0.4, 0.5) is 14.9 Å². The highest BCUT2D eigenvalue weighted by molar-refractivity contribution is 14.1. The van der Waals surface area contributed by atoms with Gasteiger partial charge in [0.2, 0.25) is 10.0 Å². The number of carbonyl (C=O) groups is 1. The summed E-state index contributed by atoms with van der Waals surface area (Å²) < 4.78 is 41.1. The van der Waals surface area contributed by atoms with Crippen LogP contribution in [0.1, 0.15) is 11.6 Å².